The number of hydrogen-bond donors (Lipinski definition) is 2. The van der Waals surface area contributed by atoms with Crippen molar-refractivity contribution in [1.82, 2.24) is 5.32 Å². The summed E-state index contributed by atoms with van der Waals surface area (Å²) in [6, 6.07) is 7.89. The van der Waals surface area contributed by atoms with Gasteiger partial charge in [-0.1, -0.05) is 6.07 Å². The van der Waals surface area contributed by atoms with Crippen molar-refractivity contribution in [2.45, 2.75) is 11.3 Å². The van der Waals surface area contributed by atoms with Crippen LogP contribution in [0.25, 0.3) is 0 Å². The third-order valence-electron chi connectivity index (χ3n) is 3.47. The first-order valence-corrected chi connectivity index (χ1v) is 7.58. The fraction of sp³-hybridized carbons (Fsp3) is 0.500. The lowest BCUT2D eigenvalue weighted by Gasteiger charge is -2.26. The Bertz CT molecular complexity index is 445. The molecule has 0 bridgehead atoms. The van der Waals surface area contributed by atoms with E-state index in [2.05, 4.69) is 10.6 Å². The zero-order chi connectivity index (χ0) is 13.7. The van der Waals surface area contributed by atoms with E-state index in [-0.39, 0.29) is 5.91 Å². The molecule has 1 heterocycles. The second kappa shape index (κ2) is 6.41. The van der Waals surface area contributed by atoms with Crippen LogP contribution in [0, 0.1) is 5.41 Å². The summed E-state index contributed by atoms with van der Waals surface area (Å²) in [7, 11) is 1.64. The van der Waals surface area contributed by atoms with Gasteiger partial charge in [0.05, 0.1) is 12.0 Å². The first-order chi connectivity index (χ1) is 9.20. The van der Waals surface area contributed by atoms with E-state index in [1.54, 1.807) is 18.9 Å². The lowest BCUT2D eigenvalue weighted by molar-refractivity contribution is -0.127. The first kappa shape index (κ1) is 14.4. The molecule has 4 nitrogen and oxygen atoms in total. The number of carbonyl (C=O) groups is 1. The Morgan fingerprint density at radius 3 is 3.05 bits per heavy atom. The van der Waals surface area contributed by atoms with Crippen LogP contribution < -0.4 is 10.6 Å². The molecule has 1 saturated heterocycles. The monoisotopic (exact) mass is 280 g/mol. The van der Waals surface area contributed by atoms with Gasteiger partial charge in [0.2, 0.25) is 5.91 Å². The SMILES string of the molecule is COCC1(C(=O)Nc2cccc(SC)c2)CCNC1. The highest BCUT2D eigenvalue weighted by Gasteiger charge is 2.41. The topological polar surface area (TPSA) is 50.4 Å². The molecule has 1 aliphatic rings. The maximum absolute atomic E-state index is 12.5. The third-order valence-corrected chi connectivity index (χ3v) is 4.20. The third kappa shape index (κ3) is 3.29. The van der Waals surface area contributed by atoms with Crippen LogP contribution in [0.4, 0.5) is 5.69 Å². The van der Waals surface area contributed by atoms with Crippen LogP contribution in [0.1, 0.15) is 6.42 Å². The molecule has 2 N–H and O–H groups in total. The van der Waals surface area contributed by atoms with Crippen LogP contribution in [0.2, 0.25) is 0 Å². The minimum atomic E-state index is -0.440. The number of amides is 1. The summed E-state index contributed by atoms with van der Waals surface area (Å²) in [6.45, 7) is 1.99. The first-order valence-electron chi connectivity index (χ1n) is 6.35. The van der Waals surface area contributed by atoms with Gasteiger partial charge in [-0.2, -0.15) is 0 Å². The molecule has 1 aromatic rings. The summed E-state index contributed by atoms with van der Waals surface area (Å²) in [5.41, 5.74) is 0.406. The number of rotatable bonds is 5. The van der Waals surface area contributed by atoms with Crippen LogP contribution in [0.3, 0.4) is 0 Å². The highest BCUT2D eigenvalue weighted by molar-refractivity contribution is 7.98. The molecule has 0 spiro atoms. The van der Waals surface area contributed by atoms with Gasteiger partial charge in [0.25, 0.3) is 0 Å². The van der Waals surface area contributed by atoms with Gasteiger partial charge in [0.15, 0.2) is 0 Å². The molecule has 19 heavy (non-hydrogen) atoms. The Kier molecular flexibility index (Phi) is 4.85. The molecule has 0 saturated carbocycles. The molecule has 0 radical (unpaired) electrons. The number of thioether (sulfide) groups is 1. The molecule has 1 fully saturated rings. The van der Waals surface area contributed by atoms with Gasteiger partial charge >= 0.3 is 0 Å². The highest BCUT2D eigenvalue weighted by atomic mass is 32.2. The quantitative estimate of drug-likeness (QED) is 0.810. The second-order valence-corrected chi connectivity index (χ2v) is 5.71. The van der Waals surface area contributed by atoms with Crippen LogP contribution in [-0.4, -0.2) is 39.0 Å². The number of anilines is 1. The van der Waals surface area contributed by atoms with E-state index in [9.17, 15) is 4.79 Å². The van der Waals surface area contributed by atoms with Crippen LogP contribution in [0.15, 0.2) is 29.2 Å². The minimum Gasteiger partial charge on any atom is -0.384 e. The van der Waals surface area contributed by atoms with E-state index in [0.717, 1.165) is 23.5 Å². The summed E-state index contributed by atoms with van der Waals surface area (Å²) >= 11 is 1.66. The Hall–Kier alpha value is -1.04. The largest absolute Gasteiger partial charge is 0.384 e. The van der Waals surface area contributed by atoms with Gasteiger partial charge in [-0.25, -0.2) is 0 Å². The normalized spacial score (nSPS) is 22.4. The average molecular weight is 280 g/mol. The van der Waals surface area contributed by atoms with Crippen LogP contribution in [-0.2, 0) is 9.53 Å². The molecule has 1 amide bonds. The summed E-state index contributed by atoms with van der Waals surface area (Å²) in [4.78, 5) is 13.6. The van der Waals surface area contributed by atoms with Gasteiger partial charge < -0.3 is 15.4 Å². The number of hydrogen-bond acceptors (Lipinski definition) is 4. The Morgan fingerprint density at radius 1 is 1.58 bits per heavy atom. The van der Waals surface area contributed by atoms with Crippen molar-refractivity contribution in [3.8, 4) is 0 Å². The summed E-state index contributed by atoms with van der Waals surface area (Å²) in [6.07, 6.45) is 2.84. The summed E-state index contributed by atoms with van der Waals surface area (Å²) < 4.78 is 5.23. The Labute approximate surface area is 118 Å². The maximum atomic E-state index is 12.5. The lowest BCUT2D eigenvalue weighted by Crippen LogP contribution is -2.41. The van der Waals surface area contributed by atoms with Gasteiger partial charge in [-0.3, -0.25) is 4.79 Å². The van der Waals surface area contributed by atoms with Crippen molar-refractivity contribution in [2.24, 2.45) is 5.41 Å². The van der Waals surface area contributed by atoms with Crippen LogP contribution >= 0.6 is 11.8 Å². The average Bonchev–Trinajstić information content (AvgIpc) is 2.89. The summed E-state index contributed by atoms with van der Waals surface area (Å²) in [5, 5.41) is 6.25. The fourth-order valence-corrected chi connectivity index (χ4v) is 2.83. The molecule has 2 rings (SSSR count). The van der Waals surface area contributed by atoms with Gasteiger partial charge in [0, 0.05) is 24.2 Å². The number of methoxy groups -OCH3 is 1. The second-order valence-electron chi connectivity index (χ2n) is 4.83. The predicted molar refractivity (Wildman–Crippen MR) is 78.6 cm³/mol. The molecular weight excluding hydrogens is 260 g/mol. The summed E-state index contributed by atoms with van der Waals surface area (Å²) in [5.74, 6) is 0.0394. The van der Waals surface area contributed by atoms with Crippen molar-refractivity contribution < 1.29 is 9.53 Å². The van der Waals surface area contributed by atoms with Crippen molar-refractivity contribution >= 4 is 23.4 Å². The Morgan fingerprint density at radius 2 is 2.42 bits per heavy atom. The number of benzene rings is 1. The zero-order valence-corrected chi connectivity index (χ0v) is 12.2. The van der Waals surface area contributed by atoms with E-state index in [1.807, 2.05) is 30.5 Å². The van der Waals surface area contributed by atoms with E-state index in [1.165, 1.54) is 0 Å². The standard InChI is InChI=1S/C14H20N2O2S/c1-18-10-14(6-7-15-9-14)13(17)16-11-4-3-5-12(8-11)19-2/h3-5,8,15H,6-7,9-10H2,1-2H3,(H,16,17). The molecule has 1 aliphatic heterocycles. The molecular formula is C14H20N2O2S. The molecule has 0 aliphatic carbocycles. The Balaban J connectivity index is 2.10. The van der Waals surface area contributed by atoms with Gasteiger partial charge in [0.1, 0.15) is 0 Å². The van der Waals surface area contributed by atoms with E-state index in [4.69, 9.17) is 4.74 Å². The zero-order valence-electron chi connectivity index (χ0n) is 11.4. The number of carbonyl (C=O) groups excluding carboxylic acids is 1. The van der Waals surface area contributed by atoms with Gasteiger partial charge in [-0.05, 0) is 37.4 Å². The highest BCUT2D eigenvalue weighted by Crippen LogP contribution is 2.28. The predicted octanol–water partition coefficient (Wildman–Crippen LogP) is 1.97. The maximum Gasteiger partial charge on any atom is 0.234 e. The van der Waals surface area contributed by atoms with E-state index in [0.29, 0.717) is 13.2 Å². The van der Waals surface area contributed by atoms with Crippen molar-refractivity contribution in [3.63, 3.8) is 0 Å². The van der Waals surface area contributed by atoms with E-state index >= 15 is 0 Å². The number of nitrogens with one attached hydrogen (secondary N) is 2. The number of ether oxygens (including phenoxy) is 1. The molecule has 1 atom stereocenters. The van der Waals surface area contributed by atoms with Crippen molar-refractivity contribution in [1.29, 1.82) is 0 Å². The van der Waals surface area contributed by atoms with Crippen LogP contribution in [0.5, 0.6) is 0 Å². The van der Waals surface area contributed by atoms with Crippen molar-refractivity contribution in [2.75, 3.05) is 38.4 Å². The fourth-order valence-electron chi connectivity index (χ4n) is 2.37. The molecule has 5 heteroatoms. The molecule has 1 aromatic carbocycles. The minimum absolute atomic E-state index is 0.0394. The molecule has 1 unspecified atom stereocenters. The van der Waals surface area contributed by atoms with E-state index < -0.39 is 5.41 Å². The van der Waals surface area contributed by atoms with Crippen molar-refractivity contribution in [3.05, 3.63) is 24.3 Å². The van der Waals surface area contributed by atoms with Gasteiger partial charge in [-0.15, -0.1) is 11.8 Å². The smallest absolute Gasteiger partial charge is 0.234 e. The molecule has 104 valence electrons. The molecule has 0 aromatic heterocycles. The lowest BCUT2D eigenvalue weighted by atomic mass is 9.87.